The molecule has 0 aromatic heterocycles. The lowest BCUT2D eigenvalue weighted by Crippen LogP contribution is -2.49. The van der Waals surface area contributed by atoms with Crippen LogP contribution in [0.1, 0.15) is 23.6 Å². The molecular formula is C28H28ClFN4O2. The van der Waals surface area contributed by atoms with Gasteiger partial charge in [0.15, 0.2) is 0 Å². The zero-order chi connectivity index (χ0) is 25.1. The second kappa shape index (κ2) is 10.7. The number of amides is 1. The maximum absolute atomic E-state index is 14.2. The first-order chi connectivity index (χ1) is 17.5. The zero-order valence-electron chi connectivity index (χ0n) is 20.1. The van der Waals surface area contributed by atoms with Crippen molar-refractivity contribution in [1.29, 1.82) is 0 Å². The van der Waals surface area contributed by atoms with E-state index >= 15 is 0 Å². The minimum atomic E-state index is -0.227. The average molecular weight is 507 g/mol. The Morgan fingerprint density at radius 2 is 1.69 bits per heavy atom. The van der Waals surface area contributed by atoms with Gasteiger partial charge in [0, 0.05) is 43.2 Å². The van der Waals surface area contributed by atoms with Gasteiger partial charge < -0.3 is 9.64 Å². The summed E-state index contributed by atoms with van der Waals surface area (Å²) in [5.74, 6) is 0.467. The van der Waals surface area contributed by atoms with E-state index in [-0.39, 0.29) is 24.3 Å². The summed E-state index contributed by atoms with van der Waals surface area (Å²) >= 11 is 6.46. The quantitative estimate of drug-likeness (QED) is 0.473. The van der Waals surface area contributed by atoms with Gasteiger partial charge in [-0.25, -0.2) is 9.40 Å². The molecule has 8 heteroatoms. The predicted molar refractivity (Wildman–Crippen MR) is 140 cm³/mol. The van der Waals surface area contributed by atoms with Crippen molar-refractivity contribution < 1.29 is 13.9 Å². The summed E-state index contributed by atoms with van der Waals surface area (Å²) in [7, 11) is 1.63. The van der Waals surface area contributed by atoms with Crippen molar-refractivity contribution in [1.82, 2.24) is 9.91 Å². The first-order valence-corrected chi connectivity index (χ1v) is 12.4. The Morgan fingerprint density at radius 3 is 2.39 bits per heavy atom. The molecular weight excluding hydrogens is 479 g/mol. The van der Waals surface area contributed by atoms with Crippen molar-refractivity contribution in [3.63, 3.8) is 0 Å². The number of carbonyl (C=O) groups excluding carboxylic acids is 1. The van der Waals surface area contributed by atoms with Gasteiger partial charge in [0.05, 0.1) is 31.1 Å². The van der Waals surface area contributed by atoms with E-state index < -0.39 is 0 Å². The second-order valence-electron chi connectivity index (χ2n) is 8.97. The molecule has 2 aliphatic heterocycles. The Kier molecular flexibility index (Phi) is 7.20. The summed E-state index contributed by atoms with van der Waals surface area (Å²) < 4.78 is 19.5. The van der Waals surface area contributed by atoms with E-state index in [2.05, 4.69) is 4.90 Å². The van der Waals surface area contributed by atoms with Gasteiger partial charge in [0.25, 0.3) is 5.91 Å². The van der Waals surface area contributed by atoms with Crippen molar-refractivity contribution in [2.45, 2.75) is 12.5 Å². The van der Waals surface area contributed by atoms with Crippen molar-refractivity contribution in [2.24, 2.45) is 5.10 Å². The summed E-state index contributed by atoms with van der Waals surface area (Å²) in [6, 6.07) is 21.9. The highest BCUT2D eigenvalue weighted by atomic mass is 35.5. The molecule has 2 aliphatic rings. The number of halogens is 2. The van der Waals surface area contributed by atoms with E-state index in [1.807, 2.05) is 59.5 Å². The molecule has 0 spiro atoms. The smallest absolute Gasteiger partial charge is 0.257 e. The van der Waals surface area contributed by atoms with Gasteiger partial charge in [0.2, 0.25) is 0 Å². The highest BCUT2D eigenvalue weighted by molar-refractivity contribution is 6.34. The topological polar surface area (TPSA) is 48.4 Å². The maximum Gasteiger partial charge on any atom is 0.257 e. The molecule has 1 amide bonds. The van der Waals surface area contributed by atoms with Gasteiger partial charge in [-0.2, -0.15) is 5.10 Å². The molecule has 3 aromatic rings. The molecule has 0 aliphatic carbocycles. The number of rotatable bonds is 6. The van der Waals surface area contributed by atoms with Gasteiger partial charge >= 0.3 is 0 Å². The molecule has 0 bridgehead atoms. The van der Waals surface area contributed by atoms with Crippen molar-refractivity contribution in [2.75, 3.05) is 44.7 Å². The summed E-state index contributed by atoms with van der Waals surface area (Å²) in [5.41, 5.74) is 3.22. The summed E-state index contributed by atoms with van der Waals surface area (Å²) in [4.78, 5) is 17.7. The normalized spacial score (nSPS) is 18.3. The summed E-state index contributed by atoms with van der Waals surface area (Å²) in [6.45, 7) is 2.90. The summed E-state index contributed by atoms with van der Waals surface area (Å²) in [5, 5.41) is 6.97. The monoisotopic (exact) mass is 506 g/mol. The van der Waals surface area contributed by atoms with Crippen LogP contribution in [0.5, 0.6) is 5.75 Å². The Hall–Kier alpha value is -3.42. The number of anilines is 1. The van der Waals surface area contributed by atoms with Crippen LogP contribution in [-0.2, 0) is 4.79 Å². The number of methoxy groups -OCH3 is 1. The highest BCUT2D eigenvalue weighted by Gasteiger charge is 2.34. The number of ether oxygens (including phenoxy) is 1. The van der Waals surface area contributed by atoms with Crippen molar-refractivity contribution >= 4 is 28.9 Å². The van der Waals surface area contributed by atoms with Gasteiger partial charge in [0.1, 0.15) is 11.6 Å². The fourth-order valence-electron chi connectivity index (χ4n) is 4.80. The van der Waals surface area contributed by atoms with Crippen LogP contribution in [-0.4, -0.2) is 61.4 Å². The molecule has 186 valence electrons. The fourth-order valence-corrected chi connectivity index (χ4v) is 5.05. The van der Waals surface area contributed by atoms with E-state index in [0.29, 0.717) is 43.3 Å². The molecule has 36 heavy (non-hydrogen) atoms. The molecule has 0 N–H and O–H groups in total. The molecule has 2 heterocycles. The second-order valence-corrected chi connectivity index (χ2v) is 9.38. The molecule has 0 unspecified atom stereocenters. The van der Waals surface area contributed by atoms with E-state index in [0.717, 1.165) is 22.6 Å². The summed E-state index contributed by atoms with van der Waals surface area (Å²) in [6.07, 6.45) is 0.572. The number of hydrazone groups is 1. The van der Waals surface area contributed by atoms with Crippen LogP contribution in [0.15, 0.2) is 77.9 Å². The first-order valence-electron chi connectivity index (χ1n) is 12.0. The van der Waals surface area contributed by atoms with E-state index in [1.54, 1.807) is 24.3 Å². The van der Waals surface area contributed by atoms with Crippen molar-refractivity contribution in [3.8, 4) is 5.75 Å². The Balaban J connectivity index is 1.32. The lowest BCUT2D eigenvalue weighted by atomic mass is 9.98. The maximum atomic E-state index is 14.2. The number of benzene rings is 3. The van der Waals surface area contributed by atoms with Crippen LogP contribution in [0.3, 0.4) is 0 Å². The van der Waals surface area contributed by atoms with Crippen LogP contribution in [0.2, 0.25) is 5.02 Å². The third-order valence-corrected chi connectivity index (χ3v) is 7.11. The van der Waals surface area contributed by atoms with Crippen LogP contribution in [0.25, 0.3) is 0 Å². The van der Waals surface area contributed by atoms with Crippen LogP contribution >= 0.6 is 11.6 Å². The van der Waals surface area contributed by atoms with Gasteiger partial charge in [-0.1, -0.05) is 54.1 Å². The van der Waals surface area contributed by atoms with Gasteiger partial charge in [-0.15, -0.1) is 0 Å². The number of piperazine rings is 1. The minimum absolute atomic E-state index is 0.0720. The van der Waals surface area contributed by atoms with Gasteiger partial charge in [-0.3, -0.25) is 9.69 Å². The lowest BCUT2D eigenvalue weighted by molar-refractivity contribution is -0.134. The molecule has 1 saturated heterocycles. The molecule has 1 fully saturated rings. The Bertz CT molecular complexity index is 1260. The predicted octanol–water partition coefficient (Wildman–Crippen LogP) is 4.99. The SMILES string of the molecule is COc1ccc([C@H]2CC(c3ccccc3Cl)=NN2C(=O)CN2CCN(c3ccccc3F)CC2)cc1. The first kappa shape index (κ1) is 24.3. The number of para-hydroxylation sites is 1. The molecule has 6 nitrogen and oxygen atoms in total. The minimum Gasteiger partial charge on any atom is -0.497 e. The zero-order valence-corrected chi connectivity index (χ0v) is 20.9. The fraction of sp³-hybridized carbons (Fsp3) is 0.286. The molecule has 3 aromatic carbocycles. The Morgan fingerprint density at radius 1 is 1.00 bits per heavy atom. The molecule has 0 saturated carbocycles. The van der Waals surface area contributed by atoms with Crippen molar-refractivity contribution in [3.05, 3.63) is 94.8 Å². The largest absolute Gasteiger partial charge is 0.497 e. The third kappa shape index (κ3) is 5.08. The molecule has 5 rings (SSSR count). The average Bonchev–Trinajstić information content (AvgIpc) is 3.35. The van der Waals surface area contributed by atoms with E-state index in [4.69, 9.17) is 21.4 Å². The van der Waals surface area contributed by atoms with E-state index in [9.17, 15) is 9.18 Å². The molecule has 0 radical (unpaired) electrons. The van der Waals surface area contributed by atoms with Crippen LogP contribution < -0.4 is 9.64 Å². The van der Waals surface area contributed by atoms with Gasteiger partial charge in [-0.05, 0) is 35.9 Å². The third-order valence-electron chi connectivity index (χ3n) is 6.78. The Labute approximate surface area is 215 Å². The standard InChI is InChI=1S/C28H28ClFN4O2/c1-36-21-12-10-20(11-13-21)27-18-25(22-6-2-3-7-23(22)29)31-34(27)28(35)19-32-14-16-33(17-15-32)26-9-5-4-8-24(26)30/h2-13,27H,14-19H2,1H3/t27-/m1/s1. The number of nitrogens with zero attached hydrogens (tertiary/aromatic N) is 4. The number of hydrogen-bond donors (Lipinski definition) is 0. The van der Waals surface area contributed by atoms with E-state index in [1.165, 1.54) is 6.07 Å². The van der Waals surface area contributed by atoms with Crippen LogP contribution in [0.4, 0.5) is 10.1 Å². The number of carbonyl (C=O) groups is 1. The highest BCUT2D eigenvalue weighted by Crippen LogP contribution is 2.35. The molecule has 1 atom stereocenters. The lowest BCUT2D eigenvalue weighted by Gasteiger charge is -2.36. The van der Waals surface area contributed by atoms with Crippen LogP contribution in [0, 0.1) is 5.82 Å². The number of hydrogen-bond acceptors (Lipinski definition) is 5.